The Hall–Kier alpha value is -4.18. The minimum absolute atomic E-state index is 0.0314. The van der Waals surface area contributed by atoms with Gasteiger partial charge in [0.1, 0.15) is 17.6 Å². The van der Waals surface area contributed by atoms with E-state index in [1.165, 1.54) is 11.1 Å². The number of hydrogen-bond acceptors (Lipinski definition) is 4. The average molecular weight is 515 g/mol. The largest absolute Gasteiger partial charge is 0.470 e. The first-order valence-electron chi connectivity index (χ1n) is 13.8. The van der Waals surface area contributed by atoms with E-state index >= 15 is 0 Å². The van der Waals surface area contributed by atoms with E-state index in [0.717, 1.165) is 24.0 Å². The van der Waals surface area contributed by atoms with Crippen molar-refractivity contribution in [3.63, 3.8) is 0 Å². The lowest BCUT2D eigenvalue weighted by Gasteiger charge is -2.26. The van der Waals surface area contributed by atoms with E-state index in [-0.39, 0.29) is 24.3 Å². The van der Waals surface area contributed by atoms with E-state index in [1.807, 2.05) is 24.3 Å². The highest BCUT2D eigenvalue weighted by molar-refractivity contribution is 6.05. The maximum absolute atomic E-state index is 6.69. The zero-order valence-corrected chi connectivity index (χ0v) is 22.5. The second kappa shape index (κ2) is 10.9. The summed E-state index contributed by atoms with van der Waals surface area (Å²) in [6.45, 7) is 4.23. The summed E-state index contributed by atoms with van der Waals surface area (Å²) in [5.41, 5.74) is 4.14. The van der Waals surface area contributed by atoms with Crippen LogP contribution >= 0.6 is 0 Å². The summed E-state index contributed by atoms with van der Waals surface area (Å²) in [5, 5.41) is 0. The van der Waals surface area contributed by atoms with Crippen LogP contribution in [-0.2, 0) is 22.3 Å². The van der Waals surface area contributed by atoms with E-state index in [4.69, 9.17) is 19.5 Å². The minimum atomic E-state index is -0.614. The number of benzene rings is 4. The van der Waals surface area contributed by atoms with Gasteiger partial charge in [0.05, 0.1) is 12.1 Å². The Bertz CT molecular complexity index is 1320. The second-order valence-corrected chi connectivity index (χ2v) is 10.9. The fraction of sp³-hybridized carbons (Fsp3) is 0.257. The maximum Gasteiger partial charge on any atom is 0.199 e. The van der Waals surface area contributed by atoms with Crippen molar-refractivity contribution >= 4 is 11.8 Å². The molecule has 2 aliphatic rings. The molecule has 4 heteroatoms. The lowest BCUT2D eigenvalue weighted by molar-refractivity contribution is 0.161. The monoisotopic (exact) mass is 514 g/mol. The van der Waals surface area contributed by atoms with Crippen molar-refractivity contribution in [2.75, 3.05) is 0 Å². The van der Waals surface area contributed by atoms with E-state index in [0.29, 0.717) is 11.8 Å². The van der Waals surface area contributed by atoms with Gasteiger partial charge in [0, 0.05) is 0 Å². The molecule has 0 saturated heterocycles. The van der Waals surface area contributed by atoms with Crippen LogP contribution in [0.5, 0.6) is 0 Å². The number of ether oxygens (including phenoxy) is 2. The standard InChI is InChI=1S/C35H34N2O2/c1-35(2,33-36-29(23-25-15-7-3-8-16-25)31(38-33)27-19-11-5-12-20-27)34-37-30(24-26-17-9-4-10-18-26)32(39-34)28-21-13-6-14-22-28/h3-22,29-32H,23-24H2,1-2H3/t29-,30-,31+,32+/m1/s1. The Labute approximate surface area is 231 Å². The van der Waals surface area contributed by atoms with Crippen molar-refractivity contribution in [2.45, 2.75) is 51.0 Å². The van der Waals surface area contributed by atoms with Gasteiger partial charge in [-0.3, -0.25) is 0 Å². The topological polar surface area (TPSA) is 43.2 Å². The molecular formula is C35H34N2O2. The number of nitrogens with zero attached hydrogens (tertiary/aromatic N) is 2. The molecule has 0 bridgehead atoms. The first-order valence-corrected chi connectivity index (χ1v) is 13.8. The van der Waals surface area contributed by atoms with Gasteiger partial charge in [-0.15, -0.1) is 0 Å². The van der Waals surface area contributed by atoms with E-state index in [2.05, 4.69) is 111 Å². The van der Waals surface area contributed by atoms with Crippen molar-refractivity contribution in [1.29, 1.82) is 0 Å². The quantitative estimate of drug-likeness (QED) is 0.243. The van der Waals surface area contributed by atoms with Gasteiger partial charge in [0.2, 0.25) is 0 Å². The van der Waals surface area contributed by atoms with E-state index in [9.17, 15) is 0 Å². The lowest BCUT2D eigenvalue weighted by Crippen LogP contribution is -2.34. The average Bonchev–Trinajstić information content (AvgIpc) is 3.61. The number of aliphatic imine (C=N–C) groups is 2. The SMILES string of the molecule is CC(C)(C1=N[C@H](Cc2ccccc2)[C@H](c2ccccc2)O1)C1=N[C@H](Cc2ccccc2)[C@H](c2ccccc2)O1. The van der Waals surface area contributed by atoms with Crippen molar-refractivity contribution in [1.82, 2.24) is 0 Å². The summed E-state index contributed by atoms with van der Waals surface area (Å²) < 4.78 is 13.4. The summed E-state index contributed by atoms with van der Waals surface area (Å²) in [6, 6.07) is 41.8. The molecule has 0 fully saturated rings. The van der Waals surface area contributed by atoms with Gasteiger partial charge >= 0.3 is 0 Å². The first-order chi connectivity index (χ1) is 19.1. The van der Waals surface area contributed by atoms with Crippen LogP contribution in [0.3, 0.4) is 0 Å². The molecule has 4 aromatic carbocycles. The highest BCUT2D eigenvalue weighted by atomic mass is 16.5. The van der Waals surface area contributed by atoms with Gasteiger partial charge in [-0.05, 0) is 48.9 Å². The minimum Gasteiger partial charge on any atom is -0.470 e. The summed E-state index contributed by atoms with van der Waals surface area (Å²) >= 11 is 0. The zero-order valence-electron chi connectivity index (χ0n) is 22.5. The van der Waals surface area contributed by atoms with Crippen molar-refractivity contribution in [2.24, 2.45) is 15.4 Å². The van der Waals surface area contributed by atoms with Gasteiger partial charge in [-0.1, -0.05) is 121 Å². The van der Waals surface area contributed by atoms with Crippen molar-refractivity contribution in [3.05, 3.63) is 144 Å². The Kier molecular flexibility index (Phi) is 7.02. The molecule has 4 atom stereocenters. The normalized spacial score (nSPS) is 22.5. The molecule has 0 amide bonds. The van der Waals surface area contributed by atoms with Crippen LogP contribution in [0.15, 0.2) is 131 Å². The predicted molar refractivity (Wildman–Crippen MR) is 157 cm³/mol. The molecular weight excluding hydrogens is 480 g/mol. The van der Waals surface area contributed by atoms with Gasteiger partial charge in [-0.2, -0.15) is 0 Å². The molecule has 0 spiro atoms. The molecule has 2 heterocycles. The molecule has 0 unspecified atom stereocenters. The molecule has 0 aromatic heterocycles. The molecule has 0 N–H and O–H groups in total. The summed E-state index contributed by atoms with van der Waals surface area (Å²) in [5.74, 6) is 1.37. The number of hydrogen-bond donors (Lipinski definition) is 0. The lowest BCUT2D eigenvalue weighted by atomic mass is 9.93. The van der Waals surface area contributed by atoms with Crippen LogP contribution in [-0.4, -0.2) is 23.9 Å². The Balaban J connectivity index is 1.31. The van der Waals surface area contributed by atoms with Crippen LogP contribution in [0.25, 0.3) is 0 Å². The molecule has 0 aliphatic carbocycles. The smallest absolute Gasteiger partial charge is 0.199 e. The molecule has 4 nitrogen and oxygen atoms in total. The Morgan fingerprint density at radius 1 is 0.513 bits per heavy atom. The summed E-state index contributed by atoms with van der Waals surface area (Å²) in [4.78, 5) is 10.4. The fourth-order valence-electron chi connectivity index (χ4n) is 5.49. The Morgan fingerprint density at radius 2 is 0.846 bits per heavy atom. The third kappa shape index (κ3) is 5.37. The molecule has 196 valence electrons. The third-order valence-corrected chi connectivity index (χ3v) is 7.64. The van der Waals surface area contributed by atoms with Gasteiger partial charge in [-0.25, -0.2) is 9.98 Å². The van der Waals surface area contributed by atoms with Crippen molar-refractivity contribution in [3.8, 4) is 0 Å². The van der Waals surface area contributed by atoms with Crippen molar-refractivity contribution < 1.29 is 9.47 Å². The highest BCUT2D eigenvalue weighted by Gasteiger charge is 2.47. The van der Waals surface area contributed by atoms with Gasteiger partial charge in [0.15, 0.2) is 11.8 Å². The first kappa shape index (κ1) is 25.1. The van der Waals surface area contributed by atoms with Crippen LogP contribution in [0.1, 0.15) is 48.3 Å². The highest BCUT2D eigenvalue weighted by Crippen LogP contribution is 2.41. The fourth-order valence-corrected chi connectivity index (χ4v) is 5.49. The molecule has 4 aromatic rings. The molecule has 0 radical (unpaired) electrons. The van der Waals surface area contributed by atoms with Crippen LogP contribution < -0.4 is 0 Å². The van der Waals surface area contributed by atoms with E-state index in [1.54, 1.807) is 0 Å². The number of rotatable bonds is 8. The second-order valence-electron chi connectivity index (χ2n) is 10.9. The Morgan fingerprint density at radius 3 is 1.21 bits per heavy atom. The molecule has 2 aliphatic heterocycles. The van der Waals surface area contributed by atoms with Crippen LogP contribution in [0.2, 0.25) is 0 Å². The predicted octanol–water partition coefficient (Wildman–Crippen LogP) is 7.58. The molecule has 6 rings (SSSR count). The molecule has 0 saturated carbocycles. The van der Waals surface area contributed by atoms with Gasteiger partial charge in [0.25, 0.3) is 0 Å². The third-order valence-electron chi connectivity index (χ3n) is 7.64. The van der Waals surface area contributed by atoms with Gasteiger partial charge < -0.3 is 9.47 Å². The maximum atomic E-state index is 6.69. The van der Waals surface area contributed by atoms with Crippen LogP contribution in [0.4, 0.5) is 0 Å². The van der Waals surface area contributed by atoms with Crippen LogP contribution in [0, 0.1) is 5.41 Å². The van der Waals surface area contributed by atoms with E-state index < -0.39 is 5.41 Å². The molecule has 39 heavy (non-hydrogen) atoms. The summed E-state index contributed by atoms with van der Waals surface area (Å²) in [6.07, 6.45) is 1.29. The zero-order chi connectivity index (χ0) is 26.7. The summed E-state index contributed by atoms with van der Waals surface area (Å²) in [7, 11) is 0.